The van der Waals surface area contributed by atoms with Crippen LogP contribution in [0.5, 0.6) is 0 Å². The minimum atomic E-state index is -0.000977. The smallest absolute Gasteiger partial charge is 0.248 e. The molecule has 0 fully saturated rings. The first kappa shape index (κ1) is 16.7. The van der Waals surface area contributed by atoms with Crippen molar-refractivity contribution < 1.29 is 9.21 Å². The number of thiophene rings is 1. The second-order valence-corrected chi connectivity index (χ2v) is 6.97. The quantitative estimate of drug-likeness (QED) is 0.491. The van der Waals surface area contributed by atoms with E-state index in [2.05, 4.69) is 27.6 Å². The maximum Gasteiger partial charge on any atom is 0.248 e. The molecule has 0 saturated carbocycles. The number of hydrogen-bond donors (Lipinski definition) is 1. The van der Waals surface area contributed by atoms with Crippen molar-refractivity contribution in [1.29, 1.82) is 0 Å². The molecular weight excluding hydrogens is 342 g/mol. The van der Waals surface area contributed by atoms with Crippen LogP contribution in [0.25, 0.3) is 11.5 Å². The molecule has 124 valence electrons. The van der Waals surface area contributed by atoms with E-state index in [0.717, 1.165) is 11.3 Å². The van der Waals surface area contributed by atoms with Crippen molar-refractivity contribution in [2.45, 2.75) is 17.7 Å². The molecule has 5 nitrogen and oxygen atoms in total. The third kappa shape index (κ3) is 4.94. The van der Waals surface area contributed by atoms with Crippen LogP contribution in [0, 0.1) is 0 Å². The topological polar surface area (TPSA) is 68.0 Å². The maximum atomic E-state index is 11.9. The molecule has 1 amide bonds. The highest BCUT2D eigenvalue weighted by Gasteiger charge is 2.10. The van der Waals surface area contributed by atoms with Gasteiger partial charge in [0.05, 0.1) is 0 Å². The number of thioether (sulfide) groups is 1. The van der Waals surface area contributed by atoms with Gasteiger partial charge in [-0.25, -0.2) is 0 Å². The van der Waals surface area contributed by atoms with Gasteiger partial charge >= 0.3 is 0 Å². The molecule has 0 aliphatic rings. The first-order chi connectivity index (χ1) is 11.8. The number of aryl methyl sites for hydroxylation is 1. The summed E-state index contributed by atoms with van der Waals surface area (Å²) in [6, 6.07) is 12.1. The number of carbonyl (C=O) groups excluding carboxylic acids is 1. The number of nitrogens with zero attached hydrogens (tertiary/aromatic N) is 2. The zero-order valence-corrected chi connectivity index (χ0v) is 14.6. The van der Waals surface area contributed by atoms with Crippen molar-refractivity contribution in [3.63, 3.8) is 0 Å². The van der Waals surface area contributed by atoms with E-state index in [9.17, 15) is 4.79 Å². The average Bonchev–Trinajstić information content (AvgIpc) is 3.29. The predicted octanol–water partition coefficient (Wildman–Crippen LogP) is 3.64. The molecule has 24 heavy (non-hydrogen) atoms. The third-order valence-corrected chi connectivity index (χ3v) is 4.93. The van der Waals surface area contributed by atoms with Crippen LogP contribution in [-0.4, -0.2) is 28.4 Å². The van der Waals surface area contributed by atoms with Crippen molar-refractivity contribution in [2.75, 3.05) is 12.3 Å². The third-order valence-electron chi connectivity index (χ3n) is 3.24. The molecule has 1 aromatic carbocycles. The SMILES string of the molecule is O=C(CCc1nnc(-c2ccsc2)o1)NCCSc1ccccc1. The van der Waals surface area contributed by atoms with Gasteiger partial charge in [-0.3, -0.25) is 4.79 Å². The lowest BCUT2D eigenvalue weighted by molar-refractivity contribution is -0.121. The van der Waals surface area contributed by atoms with Gasteiger partial charge < -0.3 is 9.73 Å². The molecule has 2 heterocycles. The molecule has 0 radical (unpaired) electrons. The number of carbonyl (C=O) groups is 1. The van der Waals surface area contributed by atoms with Crippen LogP contribution in [0.2, 0.25) is 0 Å². The lowest BCUT2D eigenvalue weighted by Gasteiger charge is -2.04. The molecular formula is C17H17N3O2S2. The van der Waals surface area contributed by atoms with Gasteiger partial charge in [0.2, 0.25) is 17.7 Å². The van der Waals surface area contributed by atoms with Gasteiger partial charge in [0.1, 0.15) is 0 Å². The van der Waals surface area contributed by atoms with Crippen molar-refractivity contribution in [2.24, 2.45) is 0 Å². The summed E-state index contributed by atoms with van der Waals surface area (Å²) >= 11 is 3.30. The van der Waals surface area contributed by atoms with Crippen LogP contribution >= 0.6 is 23.1 Å². The maximum absolute atomic E-state index is 11.9. The number of nitrogens with one attached hydrogen (secondary N) is 1. The van der Waals surface area contributed by atoms with Crippen LogP contribution in [0.15, 0.2) is 56.5 Å². The lowest BCUT2D eigenvalue weighted by Crippen LogP contribution is -2.25. The zero-order valence-electron chi connectivity index (χ0n) is 13.0. The lowest BCUT2D eigenvalue weighted by atomic mass is 10.3. The van der Waals surface area contributed by atoms with E-state index < -0.39 is 0 Å². The molecule has 0 aliphatic carbocycles. The largest absolute Gasteiger partial charge is 0.421 e. The minimum absolute atomic E-state index is 0.000977. The highest BCUT2D eigenvalue weighted by Crippen LogP contribution is 2.20. The van der Waals surface area contributed by atoms with E-state index in [0.29, 0.717) is 31.2 Å². The summed E-state index contributed by atoms with van der Waals surface area (Å²) in [5, 5.41) is 14.8. The molecule has 0 bridgehead atoms. The first-order valence-corrected chi connectivity index (χ1v) is 9.53. The van der Waals surface area contributed by atoms with E-state index in [4.69, 9.17) is 4.42 Å². The monoisotopic (exact) mass is 359 g/mol. The Morgan fingerprint density at radius 1 is 1.21 bits per heavy atom. The fraction of sp³-hybridized carbons (Fsp3) is 0.235. The zero-order chi connectivity index (χ0) is 16.6. The van der Waals surface area contributed by atoms with Gasteiger partial charge in [-0.1, -0.05) is 18.2 Å². The molecule has 0 atom stereocenters. The van der Waals surface area contributed by atoms with Crippen LogP contribution in [0.4, 0.5) is 0 Å². The number of benzene rings is 1. The van der Waals surface area contributed by atoms with E-state index >= 15 is 0 Å². The molecule has 1 N–H and O–H groups in total. The summed E-state index contributed by atoms with van der Waals surface area (Å²) in [5.74, 6) is 1.84. The molecule has 0 aliphatic heterocycles. The van der Waals surface area contributed by atoms with E-state index in [1.165, 1.54) is 4.90 Å². The number of rotatable bonds is 8. The number of amides is 1. The van der Waals surface area contributed by atoms with Gasteiger partial charge in [0, 0.05) is 41.0 Å². The average molecular weight is 359 g/mol. The standard InChI is InChI=1S/C17H17N3O2S2/c21-15(18-9-11-24-14-4-2-1-3-5-14)6-7-16-19-20-17(22-16)13-8-10-23-12-13/h1-5,8,10,12H,6-7,9,11H2,(H,18,21). The van der Waals surface area contributed by atoms with Gasteiger partial charge in [0.15, 0.2) is 0 Å². The van der Waals surface area contributed by atoms with E-state index in [1.807, 2.05) is 35.0 Å². The van der Waals surface area contributed by atoms with Gasteiger partial charge in [-0.05, 0) is 23.6 Å². The van der Waals surface area contributed by atoms with Crippen molar-refractivity contribution in [3.8, 4) is 11.5 Å². The second-order valence-electron chi connectivity index (χ2n) is 5.02. The van der Waals surface area contributed by atoms with Crippen molar-refractivity contribution >= 4 is 29.0 Å². The number of hydrogen-bond acceptors (Lipinski definition) is 6. The summed E-state index contributed by atoms with van der Waals surface area (Å²) < 4.78 is 5.56. The molecule has 0 unspecified atom stereocenters. The normalized spacial score (nSPS) is 10.7. The molecule has 0 spiro atoms. The Bertz CT molecular complexity index is 757. The Hall–Kier alpha value is -2.12. The summed E-state index contributed by atoms with van der Waals surface area (Å²) in [5.41, 5.74) is 0.918. The Labute approximate surface area is 148 Å². The summed E-state index contributed by atoms with van der Waals surface area (Å²) in [6.07, 6.45) is 0.802. The second kappa shape index (κ2) is 8.65. The summed E-state index contributed by atoms with van der Waals surface area (Å²) in [4.78, 5) is 13.1. The van der Waals surface area contributed by atoms with Gasteiger partial charge in [-0.15, -0.1) is 22.0 Å². The van der Waals surface area contributed by atoms with E-state index in [1.54, 1.807) is 23.1 Å². The molecule has 0 saturated heterocycles. The fourth-order valence-electron chi connectivity index (χ4n) is 2.04. The van der Waals surface area contributed by atoms with Crippen LogP contribution in [0.3, 0.4) is 0 Å². The molecule has 3 aromatic rings. The van der Waals surface area contributed by atoms with Gasteiger partial charge in [-0.2, -0.15) is 11.3 Å². The summed E-state index contributed by atoms with van der Waals surface area (Å²) in [6.45, 7) is 0.641. The minimum Gasteiger partial charge on any atom is -0.421 e. The van der Waals surface area contributed by atoms with Crippen molar-refractivity contribution in [1.82, 2.24) is 15.5 Å². The highest BCUT2D eigenvalue weighted by atomic mass is 32.2. The molecule has 2 aromatic heterocycles. The van der Waals surface area contributed by atoms with Crippen LogP contribution < -0.4 is 5.32 Å². The van der Waals surface area contributed by atoms with E-state index in [-0.39, 0.29) is 5.91 Å². The molecule has 3 rings (SSSR count). The van der Waals surface area contributed by atoms with Gasteiger partial charge in [0.25, 0.3) is 0 Å². The van der Waals surface area contributed by atoms with Crippen LogP contribution in [0.1, 0.15) is 12.3 Å². The Morgan fingerprint density at radius 3 is 2.88 bits per heavy atom. The summed E-state index contributed by atoms with van der Waals surface area (Å²) in [7, 11) is 0. The Kier molecular flexibility index (Phi) is 6.03. The van der Waals surface area contributed by atoms with Crippen LogP contribution in [-0.2, 0) is 11.2 Å². The number of aromatic nitrogens is 2. The Balaban J connectivity index is 1.35. The predicted molar refractivity (Wildman–Crippen MR) is 96.1 cm³/mol. The van der Waals surface area contributed by atoms with Crippen molar-refractivity contribution in [3.05, 3.63) is 53.0 Å². The fourth-order valence-corrected chi connectivity index (χ4v) is 3.46. The Morgan fingerprint density at radius 2 is 2.08 bits per heavy atom. The molecule has 7 heteroatoms. The highest BCUT2D eigenvalue weighted by molar-refractivity contribution is 7.99. The first-order valence-electron chi connectivity index (χ1n) is 7.61.